The van der Waals surface area contributed by atoms with Gasteiger partial charge in [0, 0.05) is 44.8 Å². The second-order valence-corrected chi connectivity index (χ2v) is 17.9. The van der Waals surface area contributed by atoms with Gasteiger partial charge >= 0.3 is 6.09 Å². The van der Waals surface area contributed by atoms with Crippen LogP contribution in [0.15, 0.2) is 66.6 Å². The summed E-state index contributed by atoms with van der Waals surface area (Å²) in [5.41, 5.74) is -0.0447. The maximum atomic E-state index is 14.7. The van der Waals surface area contributed by atoms with Gasteiger partial charge in [0.15, 0.2) is 5.03 Å². The van der Waals surface area contributed by atoms with Gasteiger partial charge in [-0.2, -0.15) is 8.42 Å². The maximum absolute atomic E-state index is 14.7. The number of ether oxygens (including phenoxy) is 1. The Morgan fingerprint density at radius 2 is 1.72 bits per heavy atom. The molecular formula is C39H49N7O7S. The van der Waals surface area contributed by atoms with Crippen LogP contribution in [0, 0.1) is 11.3 Å². The Bertz CT molecular complexity index is 2060. The molecule has 4 amide bonds. The Kier molecular flexibility index (Phi) is 9.84. The summed E-state index contributed by atoms with van der Waals surface area (Å²) < 4.78 is 35.4. The van der Waals surface area contributed by atoms with Crippen LogP contribution in [0.5, 0.6) is 0 Å². The Morgan fingerprint density at radius 1 is 1.06 bits per heavy atom. The molecule has 15 heteroatoms. The Morgan fingerprint density at radius 3 is 2.30 bits per heavy atom. The molecule has 3 heterocycles. The third-order valence-electron chi connectivity index (χ3n) is 11.4. The van der Waals surface area contributed by atoms with Crippen molar-refractivity contribution in [1.29, 1.82) is 0 Å². The molecule has 2 aliphatic heterocycles. The van der Waals surface area contributed by atoms with Crippen molar-refractivity contribution in [2.75, 3.05) is 6.54 Å². The van der Waals surface area contributed by atoms with Crippen LogP contribution >= 0.6 is 0 Å². The van der Waals surface area contributed by atoms with Crippen LogP contribution in [0.25, 0.3) is 10.8 Å². The van der Waals surface area contributed by atoms with E-state index in [1.165, 1.54) is 33.5 Å². The largest absolute Gasteiger partial charge is 0.446 e. The van der Waals surface area contributed by atoms with Crippen LogP contribution in [0.1, 0.15) is 70.4 Å². The fourth-order valence-electron chi connectivity index (χ4n) is 8.34. The van der Waals surface area contributed by atoms with Gasteiger partial charge in [0.05, 0.1) is 6.33 Å². The molecule has 54 heavy (non-hydrogen) atoms. The number of carbonyl (C=O) groups excluding carboxylic acids is 4. The van der Waals surface area contributed by atoms with Crippen molar-refractivity contribution in [3.05, 3.63) is 72.7 Å². The van der Waals surface area contributed by atoms with Crippen LogP contribution in [-0.4, -0.2) is 87.9 Å². The fourth-order valence-corrected chi connectivity index (χ4v) is 9.36. The lowest BCUT2D eigenvalue weighted by molar-refractivity contribution is -0.142. The molecule has 1 saturated heterocycles. The number of alkyl carbamates (subject to hydrolysis) is 1. The molecule has 7 rings (SSSR count). The first-order chi connectivity index (χ1) is 25.6. The van der Waals surface area contributed by atoms with Gasteiger partial charge in [-0.3, -0.25) is 19.3 Å². The Balaban J connectivity index is 1.16. The minimum atomic E-state index is -4.34. The van der Waals surface area contributed by atoms with Crippen molar-refractivity contribution in [2.24, 2.45) is 18.4 Å². The van der Waals surface area contributed by atoms with Crippen LogP contribution in [0.2, 0.25) is 0 Å². The summed E-state index contributed by atoms with van der Waals surface area (Å²) in [5, 5.41) is 7.72. The fraction of sp³-hybridized carbons (Fsp3) is 0.513. The first-order valence-corrected chi connectivity index (χ1v) is 20.1. The number of sulfonamides is 1. The van der Waals surface area contributed by atoms with E-state index in [0.717, 1.165) is 42.2 Å². The second kappa shape index (κ2) is 14.1. The van der Waals surface area contributed by atoms with E-state index in [4.69, 9.17) is 4.74 Å². The minimum Gasteiger partial charge on any atom is -0.446 e. The molecule has 4 aliphatic rings. The molecule has 14 nitrogen and oxygen atoms in total. The number of nitrogens with one attached hydrogen (secondary N) is 3. The molecule has 0 unspecified atom stereocenters. The van der Waals surface area contributed by atoms with Crippen LogP contribution in [0.4, 0.5) is 4.79 Å². The van der Waals surface area contributed by atoms with Gasteiger partial charge in [0.1, 0.15) is 23.7 Å². The summed E-state index contributed by atoms with van der Waals surface area (Å²) in [6, 6.07) is 10.1. The standard InChI is InChI=1S/C39H49N7O7S/c1-6-27-18-39(27,36(49)43-54(51,52)31-22-44(5)23-40-31)42-34(47)30-17-28(45-19-25-13-9-11-24-12-10-14-26(20-45)32(24)25)21-46(30)35(48)33(38(2,3)4)41-37(50)53-29-15-7-8-16-29/h6,9-14,22-23,27-30,33H,1,7-8,15-21H2,2-5H3,(H,41,50)(H,42,47)(H,43,49)/t27-,28-,30+,33-,39-/m1/s1. The van der Waals surface area contributed by atoms with E-state index in [0.29, 0.717) is 13.1 Å². The Hall–Kier alpha value is -4.76. The molecule has 288 valence electrons. The second-order valence-electron chi connectivity index (χ2n) is 16.3. The van der Waals surface area contributed by atoms with E-state index in [-0.39, 0.29) is 36.6 Å². The number of amides is 4. The number of imidazole rings is 1. The lowest BCUT2D eigenvalue weighted by atomic mass is 9.85. The molecule has 2 aliphatic carbocycles. The molecular weight excluding hydrogens is 711 g/mol. The summed E-state index contributed by atoms with van der Waals surface area (Å²) in [6.07, 6.45) is 7.07. The minimum absolute atomic E-state index is 0.127. The highest BCUT2D eigenvalue weighted by molar-refractivity contribution is 7.90. The zero-order valence-corrected chi connectivity index (χ0v) is 32.0. The zero-order valence-electron chi connectivity index (χ0n) is 31.2. The van der Waals surface area contributed by atoms with Gasteiger partial charge in [-0.1, -0.05) is 63.2 Å². The quantitative estimate of drug-likeness (QED) is 0.262. The lowest BCUT2D eigenvalue weighted by Crippen LogP contribution is -2.60. The van der Waals surface area contributed by atoms with Gasteiger partial charge < -0.3 is 24.8 Å². The summed E-state index contributed by atoms with van der Waals surface area (Å²) in [6.45, 7) is 10.8. The average molecular weight is 760 g/mol. The average Bonchev–Trinajstić information content (AvgIpc) is 3.55. The summed E-state index contributed by atoms with van der Waals surface area (Å²) in [4.78, 5) is 63.8. The van der Waals surface area contributed by atoms with Crippen LogP contribution in [-0.2, 0) is 49.3 Å². The van der Waals surface area contributed by atoms with E-state index >= 15 is 0 Å². The molecule has 0 radical (unpaired) electrons. The summed E-state index contributed by atoms with van der Waals surface area (Å²) >= 11 is 0. The van der Waals surface area contributed by atoms with Crippen molar-refractivity contribution in [3.8, 4) is 0 Å². The van der Waals surface area contributed by atoms with Gasteiger partial charge in [-0.05, 0) is 65.8 Å². The van der Waals surface area contributed by atoms with Crippen molar-refractivity contribution in [3.63, 3.8) is 0 Å². The maximum Gasteiger partial charge on any atom is 0.408 e. The van der Waals surface area contributed by atoms with Gasteiger partial charge in [-0.15, -0.1) is 6.58 Å². The van der Waals surface area contributed by atoms with E-state index in [9.17, 15) is 27.6 Å². The van der Waals surface area contributed by atoms with Gasteiger partial charge in [-0.25, -0.2) is 14.5 Å². The molecule has 2 saturated carbocycles. The van der Waals surface area contributed by atoms with E-state index < -0.39 is 62.8 Å². The molecule has 3 fully saturated rings. The highest BCUT2D eigenvalue weighted by atomic mass is 32.2. The lowest BCUT2D eigenvalue weighted by Gasteiger charge is -2.36. The number of rotatable bonds is 10. The number of aryl methyl sites for hydroxylation is 1. The molecule has 5 atom stereocenters. The molecule has 0 bridgehead atoms. The zero-order chi connectivity index (χ0) is 38.6. The topological polar surface area (TPSA) is 172 Å². The van der Waals surface area contributed by atoms with Gasteiger partial charge in [0.25, 0.3) is 15.9 Å². The molecule has 2 aromatic carbocycles. The number of likely N-dealkylation sites (tertiary alicyclic amines) is 1. The third-order valence-corrected chi connectivity index (χ3v) is 12.6. The smallest absolute Gasteiger partial charge is 0.408 e. The normalized spacial score (nSPS) is 24.9. The Labute approximate surface area is 315 Å². The van der Waals surface area contributed by atoms with E-state index in [1.807, 2.05) is 32.9 Å². The van der Waals surface area contributed by atoms with Crippen molar-refractivity contribution < 1.29 is 32.3 Å². The first kappa shape index (κ1) is 37.6. The molecule has 3 N–H and O–H groups in total. The SMILES string of the molecule is C=C[C@@H]1C[C@]1(NC(=O)[C@@H]1C[C@@H](N2Cc3cccc4cccc(c34)C2)CN1C(=O)[C@@H](NC(=O)OC1CCCC1)C(C)(C)C)C(=O)NS(=O)(=O)c1cn(C)cn1. The number of nitrogens with zero attached hydrogens (tertiary/aromatic N) is 4. The monoisotopic (exact) mass is 759 g/mol. The first-order valence-electron chi connectivity index (χ1n) is 18.6. The highest BCUT2D eigenvalue weighted by Crippen LogP contribution is 2.45. The number of aromatic nitrogens is 2. The molecule has 0 spiro atoms. The van der Waals surface area contributed by atoms with Gasteiger partial charge in [0.2, 0.25) is 11.8 Å². The predicted molar refractivity (Wildman–Crippen MR) is 200 cm³/mol. The molecule has 1 aromatic heterocycles. The van der Waals surface area contributed by atoms with Crippen molar-refractivity contribution >= 4 is 44.6 Å². The van der Waals surface area contributed by atoms with E-state index in [2.05, 4.69) is 56.1 Å². The number of hydrogen-bond donors (Lipinski definition) is 3. The summed E-state index contributed by atoms with van der Waals surface area (Å²) in [7, 11) is -2.74. The summed E-state index contributed by atoms with van der Waals surface area (Å²) in [5.74, 6) is -2.50. The predicted octanol–water partition coefficient (Wildman–Crippen LogP) is 3.51. The van der Waals surface area contributed by atoms with Crippen molar-refractivity contribution in [1.82, 2.24) is 34.7 Å². The number of benzene rings is 2. The third kappa shape index (κ3) is 7.22. The van der Waals surface area contributed by atoms with Crippen LogP contribution < -0.4 is 15.4 Å². The van der Waals surface area contributed by atoms with Crippen molar-refractivity contribution in [2.45, 2.75) is 107 Å². The molecule has 3 aromatic rings. The van der Waals surface area contributed by atoms with E-state index in [1.54, 1.807) is 7.05 Å². The van der Waals surface area contributed by atoms with Crippen LogP contribution in [0.3, 0.4) is 0 Å². The number of hydrogen-bond acceptors (Lipinski definition) is 9. The number of carbonyl (C=O) groups is 4. The highest BCUT2D eigenvalue weighted by Gasteiger charge is 2.61.